The normalized spacial score (nSPS) is 11.9. The van der Waals surface area contributed by atoms with Gasteiger partial charge in [-0.15, -0.1) is 0 Å². The lowest BCUT2D eigenvalue weighted by atomic mass is 10.1. The molecule has 0 aromatic heterocycles. The van der Waals surface area contributed by atoms with Gasteiger partial charge in [0.15, 0.2) is 0 Å². The van der Waals surface area contributed by atoms with E-state index >= 15 is 0 Å². The average Bonchev–Trinajstić information content (AvgIpc) is 2.27. The van der Waals surface area contributed by atoms with Crippen LogP contribution in [0, 0.1) is 0 Å². The molecule has 17 heavy (non-hydrogen) atoms. The lowest BCUT2D eigenvalue weighted by Gasteiger charge is -2.12. The Balaban J connectivity index is 2.66. The molecule has 0 spiro atoms. The number of primary amides is 1. The van der Waals surface area contributed by atoms with Crippen LogP contribution in [0.25, 0.3) is 0 Å². The third-order valence-corrected chi connectivity index (χ3v) is 2.31. The van der Waals surface area contributed by atoms with Crippen molar-refractivity contribution in [1.29, 1.82) is 0 Å². The van der Waals surface area contributed by atoms with Crippen LogP contribution in [0.15, 0.2) is 24.3 Å². The molecule has 0 fully saturated rings. The highest BCUT2D eigenvalue weighted by atomic mass is 16.2. The van der Waals surface area contributed by atoms with Gasteiger partial charge in [0.1, 0.15) is 0 Å². The fraction of sp³-hybridized carbons (Fsp3) is 0.333. The molecule has 0 heterocycles. The number of hydrogen-bond donors (Lipinski definition) is 3. The van der Waals surface area contributed by atoms with Crippen LogP contribution < -0.4 is 16.8 Å². The minimum absolute atomic E-state index is 0.127. The molecule has 5 nitrogen and oxygen atoms in total. The van der Waals surface area contributed by atoms with Gasteiger partial charge in [-0.1, -0.05) is 12.1 Å². The van der Waals surface area contributed by atoms with Gasteiger partial charge in [0.25, 0.3) is 5.91 Å². The van der Waals surface area contributed by atoms with E-state index in [-0.39, 0.29) is 18.4 Å². The molecule has 1 unspecified atom stereocenters. The number of nitrogens with one attached hydrogen (secondary N) is 1. The molecule has 1 atom stereocenters. The molecular formula is C12H17N3O2. The van der Waals surface area contributed by atoms with Gasteiger partial charge in [-0.2, -0.15) is 0 Å². The van der Waals surface area contributed by atoms with Crippen molar-refractivity contribution >= 4 is 11.8 Å². The van der Waals surface area contributed by atoms with E-state index in [1.54, 1.807) is 25.1 Å². The van der Waals surface area contributed by atoms with E-state index in [0.717, 1.165) is 5.56 Å². The van der Waals surface area contributed by atoms with Crippen LogP contribution in [0.4, 0.5) is 0 Å². The maximum atomic E-state index is 11.8. The first-order chi connectivity index (χ1) is 8.02. The Bertz CT molecular complexity index is 418. The third-order valence-electron chi connectivity index (χ3n) is 2.31. The number of benzene rings is 1. The van der Waals surface area contributed by atoms with Crippen LogP contribution in [0.3, 0.4) is 0 Å². The summed E-state index contributed by atoms with van der Waals surface area (Å²) in [5, 5.41) is 2.70. The predicted molar refractivity (Wildman–Crippen MR) is 65.1 cm³/mol. The third kappa shape index (κ3) is 4.24. The van der Waals surface area contributed by atoms with Crippen molar-refractivity contribution in [2.75, 3.05) is 0 Å². The van der Waals surface area contributed by atoms with Crippen molar-refractivity contribution in [3.8, 4) is 0 Å². The minimum Gasteiger partial charge on any atom is -0.370 e. The van der Waals surface area contributed by atoms with Crippen LogP contribution in [0.2, 0.25) is 0 Å². The number of amides is 2. The zero-order valence-electron chi connectivity index (χ0n) is 9.77. The Morgan fingerprint density at radius 1 is 1.41 bits per heavy atom. The van der Waals surface area contributed by atoms with E-state index in [0.29, 0.717) is 12.1 Å². The summed E-state index contributed by atoms with van der Waals surface area (Å²) in [6, 6.07) is 6.78. The molecule has 0 saturated heterocycles. The second-order valence-corrected chi connectivity index (χ2v) is 3.95. The molecule has 0 radical (unpaired) electrons. The van der Waals surface area contributed by atoms with Gasteiger partial charge in [0.05, 0.1) is 0 Å². The molecule has 0 aliphatic carbocycles. The molecule has 5 heteroatoms. The monoisotopic (exact) mass is 235 g/mol. The molecule has 2 amide bonds. The van der Waals surface area contributed by atoms with Gasteiger partial charge < -0.3 is 16.8 Å². The minimum atomic E-state index is -0.437. The second-order valence-electron chi connectivity index (χ2n) is 3.95. The number of carbonyl (C=O) groups excluding carboxylic acids is 2. The summed E-state index contributed by atoms with van der Waals surface area (Å²) in [4.78, 5) is 22.5. The highest BCUT2D eigenvalue weighted by Gasteiger charge is 2.11. The highest BCUT2D eigenvalue weighted by molar-refractivity contribution is 5.94. The SMILES string of the molecule is CC(CC(N)=O)NC(=O)c1cccc(CN)c1. The molecule has 0 aliphatic rings. The summed E-state index contributed by atoms with van der Waals surface area (Å²) in [6.45, 7) is 2.12. The molecule has 5 N–H and O–H groups in total. The van der Waals surface area contributed by atoms with Gasteiger partial charge in [0, 0.05) is 24.6 Å². The van der Waals surface area contributed by atoms with Gasteiger partial charge >= 0.3 is 0 Å². The van der Waals surface area contributed by atoms with Gasteiger partial charge in [-0.05, 0) is 24.6 Å². The van der Waals surface area contributed by atoms with Gasteiger partial charge in [0.2, 0.25) is 5.91 Å². The fourth-order valence-corrected chi connectivity index (χ4v) is 1.50. The first kappa shape index (κ1) is 13.2. The lowest BCUT2D eigenvalue weighted by Crippen LogP contribution is -2.35. The smallest absolute Gasteiger partial charge is 0.251 e. The van der Waals surface area contributed by atoms with Crippen LogP contribution in [0.1, 0.15) is 29.3 Å². The summed E-state index contributed by atoms with van der Waals surface area (Å²) < 4.78 is 0. The topological polar surface area (TPSA) is 98.2 Å². The summed E-state index contributed by atoms with van der Waals surface area (Å²) in [7, 11) is 0. The van der Waals surface area contributed by atoms with Crippen molar-refractivity contribution < 1.29 is 9.59 Å². The molecule has 0 bridgehead atoms. The first-order valence-electron chi connectivity index (χ1n) is 5.41. The molecule has 0 saturated carbocycles. The zero-order valence-corrected chi connectivity index (χ0v) is 9.77. The summed E-state index contributed by atoms with van der Waals surface area (Å²) in [5.41, 5.74) is 12.0. The molecule has 0 aliphatic heterocycles. The van der Waals surface area contributed by atoms with Crippen molar-refractivity contribution in [1.82, 2.24) is 5.32 Å². The van der Waals surface area contributed by atoms with E-state index in [4.69, 9.17) is 11.5 Å². The van der Waals surface area contributed by atoms with Gasteiger partial charge in [-0.3, -0.25) is 9.59 Å². The van der Waals surface area contributed by atoms with Crippen LogP contribution in [-0.4, -0.2) is 17.9 Å². The van der Waals surface area contributed by atoms with Gasteiger partial charge in [-0.25, -0.2) is 0 Å². The predicted octanol–water partition coefficient (Wildman–Crippen LogP) is 0.139. The summed E-state index contributed by atoms with van der Waals surface area (Å²) in [5.74, 6) is -0.664. The number of hydrogen-bond acceptors (Lipinski definition) is 3. The molecule has 1 aromatic carbocycles. The Morgan fingerprint density at radius 2 is 2.12 bits per heavy atom. The van der Waals surface area contributed by atoms with Crippen molar-refractivity contribution in [3.63, 3.8) is 0 Å². The summed E-state index contributed by atoms with van der Waals surface area (Å²) in [6.07, 6.45) is 0.127. The van der Waals surface area contributed by atoms with E-state index in [2.05, 4.69) is 5.32 Å². The fourth-order valence-electron chi connectivity index (χ4n) is 1.50. The number of nitrogens with two attached hydrogens (primary N) is 2. The van der Waals surface area contributed by atoms with E-state index in [9.17, 15) is 9.59 Å². The van der Waals surface area contributed by atoms with Crippen molar-refractivity contribution in [2.45, 2.75) is 25.9 Å². The Kier molecular flexibility index (Phi) is 4.66. The van der Waals surface area contributed by atoms with E-state index < -0.39 is 5.91 Å². The summed E-state index contributed by atoms with van der Waals surface area (Å²) >= 11 is 0. The molecule has 92 valence electrons. The Morgan fingerprint density at radius 3 is 2.71 bits per heavy atom. The van der Waals surface area contributed by atoms with Crippen LogP contribution >= 0.6 is 0 Å². The quantitative estimate of drug-likeness (QED) is 0.677. The lowest BCUT2D eigenvalue weighted by molar-refractivity contribution is -0.118. The highest BCUT2D eigenvalue weighted by Crippen LogP contribution is 2.05. The molecule has 1 aromatic rings. The first-order valence-corrected chi connectivity index (χ1v) is 5.41. The average molecular weight is 235 g/mol. The van der Waals surface area contributed by atoms with E-state index in [1.165, 1.54) is 0 Å². The maximum absolute atomic E-state index is 11.8. The van der Waals surface area contributed by atoms with Crippen molar-refractivity contribution in [3.05, 3.63) is 35.4 Å². The molecule has 1 rings (SSSR count). The Hall–Kier alpha value is -1.88. The largest absolute Gasteiger partial charge is 0.370 e. The zero-order chi connectivity index (χ0) is 12.8. The van der Waals surface area contributed by atoms with Crippen molar-refractivity contribution in [2.24, 2.45) is 11.5 Å². The number of rotatable bonds is 5. The Labute approximate surface area is 100 Å². The van der Waals surface area contributed by atoms with Crippen LogP contribution in [0.5, 0.6) is 0 Å². The van der Waals surface area contributed by atoms with E-state index in [1.807, 2.05) is 6.07 Å². The van der Waals surface area contributed by atoms with Crippen LogP contribution in [-0.2, 0) is 11.3 Å². The second kappa shape index (κ2) is 6.00. The maximum Gasteiger partial charge on any atom is 0.251 e. The number of carbonyl (C=O) groups is 2. The molecular weight excluding hydrogens is 218 g/mol. The standard InChI is InChI=1S/C12H17N3O2/c1-8(5-11(14)16)15-12(17)10-4-2-3-9(6-10)7-13/h2-4,6,8H,5,7,13H2,1H3,(H2,14,16)(H,15,17).